The fourth-order valence-corrected chi connectivity index (χ4v) is 4.39. The number of ether oxygens (including phenoxy) is 2. The van der Waals surface area contributed by atoms with Crippen LogP contribution in [0.1, 0.15) is 101 Å². The molecule has 0 fully saturated rings. The smallest absolute Gasteiger partial charge is 0.298 e. The average molecular weight is 439 g/mol. The molecule has 4 nitrogen and oxygen atoms in total. The zero-order valence-corrected chi connectivity index (χ0v) is 21.1. The summed E-state index contributed by atoms with van der Waals surface area (Å²) in [5.74, 6) is 1.41. The van der Waals surface area contributed by atoms with Gasteiger partial charge in [0.2, 0.25) is 0 Å². The molecule has 0 bridgehead atoms. The molecule has 2 rings (SSSR count). The number of hydrogen-bond acceptors (Lipinski definition) is 4. The number of carbonyl (C=O) groups is 2. The van der Waals surface area contributed by atoms with E-state index in [9.17, 15) is 9.59 Å². The first-order chi connectivity index (χ1) is 14.8. The average Bonchev–Trinajstić information content (AvgIpc) is 2.66. The van der Waals surface area contributed by atoms with Gasteiger partial charge in [0, 0.05) is 17.0 Å². The molecule has 0 heterocycles. The van der Waals surface area contributed by atoms with Crippen molar-refractivity contribution in [2.75, 3.05) is 0 Å². The van der Waals surface area contributed by atoms with Crippen LogP contribution in [0.15, 0.2) is 24.3 Å². The lowest BCUT2D eigenvalue weighted by molar-refractivity contribution is -0.121. The molecule has 0 atom stereocenters. The Morgan fingerprint density at radius 1 is 0.750 bits per heavy atom. The van der Waals surface area contributed by atoms with Crippen LogP contribution in [-0.4, -0.2) is 12.9 Å². The molecule has 0 amide bonds. The summed E-state index contributed by atoms with van der Waals surface area (Å²) in [6.45, 7) is 20.1. The second-order valence-electron chi connectivity index (χ2n) is 10.7. The molecule has 2 aromatic carbocycles. The van der Waals surface area contributed by atoms with Crippen LogP contribution in [0.4, 0.5) is 0 Å². The summed E-state index contributed by atoms with van der Waals surface area (Å²) in [6, 6.07) is 8.38. The molecule has 0 saturated carbocycles. The zero-order valence-electron chi connectivity index (χ0n) is 21.1. The van der Waals surface area contributed by atoms with Crippen LogP contribution in [0.25, 0.3) is 0 Å². The number of carbonyl (C=O) groups excluding carboxylic acids is 2. The lowest BCUT2D eigenvalue weighted by Crippen LogP contribution is -2.17. The molecule has 0 radical (unpaired) electrons. The van der Waals surface area contributed by atoms with E-state index in [4.69, 9.17) is 9.47 Å². The van der Waals surface area contributed by atoms with E-state index in [2.05, 4.69) is 74.4 Å². The normalized spacial score (nSPS) is 12.1. The number of rotatable bonds is 8. The number of benzene rings is 2. The summed E-state index contributed by atoms with van der Waals surface area (Å²) in [5.41, 5.74) is 6.35. The highest BCUT2D eigenvalue weighted by Crippen LogP contribution is 2.42. The lowest BCUT2D eigenvalue weighted by atomic mass is 9.76. The van der Waals surface area contributed by atoms with E-state index in [0.717, 1.165) is 35.1 Å². The first kappa shape index (κ1) is 25.6. The molecule has 0 N–H and O–H groups in total. The van der Waals surface area contributed by atoms with Gasteiger partial charge in [-0.1, -0.05) is 67.0 Å². The fourth-order valence-electron chi connectivity index (χ4n) is 4.39. The van der Waals surface area contributed by atoms with Gasteiger partial charge in [-0.25, -0.2) is 0 Å². The SMILES string of the molecule is CCCC(c1cc(C(C)(C)C)c(OC=O)cc1C)c1cc(C(C)(C)C)c(OC=O)cc1C. The minimum Gasteiger partial charge on any atom is -0.428 e. The molecule has 0 aromatic heterocycles. The molecular weight excluding hydrogens is 400 g/mol. The van der Waals surface area contributed by atoms with Crippen molar-refractivity contribution in [2.24, 2.45) is 0 Å². The Hall–Kier alpha value is -2.62. The van der Waals surface area contributed by atoms with Gasteiger partial charge in [0.15, 0.2) is 0 Å². The van der Waals surface area contributed by atoms with Gasteiger partial charge in [-0.3, -0.25) is 9.59 Å². The predicted octanol–water partition coefficient (Wildman–Crippen LogP) is 6.90. The summed E-state index contributed by atoms with van der Waals surface area (Å²) in [4.78, 5) is 22.2. The largest absolute Gasteiger partial charge is 0.428 e. The highest BCUT2D eigenvalue weighted by atomic mass is 16.5. The molecule has 0 aliphatic heterocycles. The van der Waals surface area contributed by atoms with Gasteiger partial charge in [0.05, 0.1) is 0 Å². The fraction of sp³-hybridized carbons (Fsp3) is 0.500. The van der Waals surface area contributed by atoms with Crippen LogP contribution >= 0.6 is 0 Å². The van der Waals surface area contributed by atoms with Crippen LogP contribution in [0.2, 0.25) is 0 Å². The van der Waals surface area contributed by atoms with E-state index in [-0.39, 0.29) is 16.7 Å². The van der Waals surface area contributed by atoms with Crippen molar-refractivity contribution in [2.45, 2.75) is 91.9 Å². The van der Waals surface area contributed by atoms with E-state index in [0.29, 0.717) is 24.4 Å². The van der Waals surface area contributed by atoms with Crippen molar-refractivity contribution in [1.29, 1.82) is 0 Å². The van der Waals surface area contributed by atoms with Crippen LogP contribution in [0.5, 0.6) is 11.5 Å². The maximum Gasteiger partial charge on any atom is 0.298 e. The summed E-state index contributed by atoms with van der Waals surface area (Å²) < 4.78 is 10.7. The predicted molar refractivity (Wildman–Crippen MR) is 130 cm³/mol. The summed E-state index contributed by atoms with van der Waals surface area (Å²) in [6.07, 6.45) is 2.01. The second kappa shape index (κ2) is 9.89. The standard InChI is InChI=1S/C28H38O4/c1-10-11-20(21-14-23(27(4,5)6)25(31-16-29)12-18(21)2)22-15-24(28(7,8)9)26(32-17-30)13-19(22)3/h12-17,20H,10-11H2,1-9H3. The summed E-state index contributed by atoms with van der Waals surface area (Å²) >= 11 is 0. The zero-order chi connectivity index (χ0) is 24.3. The maximum atomic E-state index is 11.1. The Morgan fingerprint density at radius 3 is 1.41 bits per heavy atom. The highest BCUT2D eigenvalue weighted by molar-refractivity contribution is 5.57. The topological polar surface area (TPSA) is 52.6 Å². The van der Waals surface area contributed by atoms with Crippen molar-refractivity contribution in [1.82, 2.24) is 0 Å². The Bertz CT molecular complexity index is 897. The third kappa shape index (κ3) is 5.59. The van der Waals surface area contributed by atoms with Gasteiger partial charge in [0.25, 0.3) is 12.9 Å². The summed E-state index contributed by atoms with van der Waals surface area (Å²) in [5, 5.41) is 0. The molecule has 174 valence electrons. The monoisotopic (exact) mass is 438 g/mol. The van der Waals surface area contributed by atoms with E-state index in [1.807, 2.05) is 12.1 Å². The van der Waals surface area contributed by atoms with Crippen molar-refractivity contribution >= 4 is 12.9 Å². The second-order valence-corrected chi connectivity index (χ2v) is 10.7. The molecule has 0 saturated heterocycles. The van der Waals surface area contributed by atoms with Gasteiger partial charge in [-0.2, -0.15) is 0 Å². The molecule has 0 spiro atoms. The van der Waals surface area contributed by atoms with Gasteiger partial charge < -0.3 is 9.47 Å². The molecule has 32 heavy (non-hydrogen) atoms. The van der Waals surface area contributed by atoms with Crippen molar-refractivity contribution in [3.05, 3.63) is 57.6 Å². The Balaban J connectivity index is 2.80. The Morgan fingerprint density at radius 2 is 1.12 bits per heavy atom. The minimum atomic E-state index is -0.176. The minimum absolute atomic E-state index is 0.176. The van der Waals surface area contributed by atoms with Gasteiger partial charge in [0.1, 0.15) is 11.5 Å². The lowest BCUT2D eigenvalue weighted by Gasteiger charge is -2.29. The van der Waals surface area contributed by atoms with Gasteiger partial charge >= 0.3 is 0 Å². The van der Waals surface area contributed by atoms with E-state index in [1.165, 1.54) is 11.1 Å². The van der Waals surface area contributed by atoms with E-state index >= 15 is 0 Å². The molecule has 0 aliphatic rings. The van der Waals surface area contributed by atoms with E-state index < -0.39 is 0 Å². The highest BCUT2D eigenvalue weighted by Gasteiger charge is 2.27. The molecule has 4 heteroatoms. The van der Waals surface area contributed by atoms with Crippen LogP contribution in [0, 0.1) is 13.8 Å². The summed E-state index contributed by atoms with van der Waals surface area (Å²) in [7, 11) is 0. The molecule has 0 unspecified atom stereocenters. The molecule has 2 aromatic rings. The van der Waals surface area contributed by atoms with Crippen LogP contribution < -0.4 is 9.47 Å². The van der Waals surface area contributed by atoms with Gasteiger partial charge in [-0.05, 0) is 65.5 Å². The maximum absolute atomic E-state index is 11.1. The number of hydrogen-bond donors (Lipinski definition) is 0. The van der Waals surface area contributed by atoms with Crippen LogP contribution in [0.3, 0.4) is 0 Å². The third-order valence-corrected chi connectivity index (χ3v) is 6.03. The Labute approximate surface area is 193 Å². The Kier molecular flexibility index (Phi) is 7.92. The van der Waals surface area contributed by atoms with Crippen molar-refractivity contribution in [3.63, 3.8) is 0 Å². The van der Waals surface area contributed by atoms with E-state index in [1.54, 1.807) is 0 Å². The quantitative estimate of drug-likeness (QED) is 0.421. The van der Waals surface area contributed by atoms with Gasteiger partial charge in [-0.15, -0.1) is 0 Å². The van der Waals surface area contributed by atoms with Crippen molar-refractivity contribution in [3.8, 4) is 11.5 Å². The molecular formula is C28H38O4. The number of aryl methyl sites for hydroxylation is 2. The van der Waals surface area contributed by atoms with Crippen molar-refractivity contribution < 1.29 is 19.1 Å². The molecule has 0 aliphatic carbocycles. The first-order valence-corrected chi connectivity index (χ1v) is 11.4. The third-order valence-electron chi connectivity index (χ3n) is 6.03. The van der Waals surface area contributed by atoms with Crippen LogP contribution in [-0.2, 0) is 20.4 Å². The first-order valence-electron chi connectivity index (χ1n) is 11.4.